The summed E-state index contributed by atoms with van der Waals surface area (Å²) < 4.78 is 0. The molecule has 1 aromatic rings. The molecule has 2 atom stereocenters. The molecule has 1 amide bonds. The van der Waals surface area contributed by atoms with Crippen molar-refractivity contribution in [1.82, 2.24) is 5.32 Å². The van der Waals surface area contributed by atoms with Crippen molar-refractivity contribution in [2.45, 2.75) is 19.3 Å². The van der Waals surface area contributed by atoms with Crippen LogP contribution >= 0.6 is 0 Å². The van der Waals surface area contributed by atoms with Gasteiger partial charge in [0.2, 0.25) is 0 Å². The van der Waals surface area contributed by atoms with Crippen LogP contribution in [0.2, 0.25) is 0 Å². The van der Waals surface area contributed by atoms with Crippen molar-refractivity contribution in [1.29, 1.82) is 0 Å². The van der Waals surface area contributed by atoms with Crippen LogP contribution in [0.5, 0.6) is 0 Å². The molecular weight excluding hydrogens is 266 g/mol. The SMILES string of the molecule is CN(C)c1ccc(N)cc1C(=O)NCC1CCCC1CO. The number of amides is 1. The minimum absolute atomic E-state index is 0.102. The van der Waals surface area contributed by atoms with E-state index in [0.29, 0.717) is 29.6 Å². The third kappa shape index (κ3) is 3.67. The standard InChI is InChI=1S/C16H25N3O2/c1-19(2)15-7-6-13(17)8-14(15)16(21)18-9-11-4-3-5-12(11)10-20/h6-8,11-12,20H,3-5,9-10,17H2,1-2H3,(H,18,21). The summed E-state index contributed by atoms with van der Waals surface area (Å²) in [5, 5.41) is 12.3. The molecule has 0 aliphatic heterocycles. The number of rotatable bonds is 5. The number of anilines is 2. The van der Waals surface area contributed by atoms with E-state index in [-0.39, 0.29) is 12.5 Å². The number of benzene rings is 1. The average Bonchev–Trinajstić information content (AvgIpc) is 2.91. The molecule has 116 valence electrons. The van der Waals surface area contributed by atoms with Gasteiger partial charge < -0.3 is 21.1 Å². The highest BCUT2D eigenvalue weighted by Crippen LogP contribution is 2.30. The summed E-state index contributed by atoms with van der Waals surface area (Å²) in [5.41, 5.74) is 7.83. The van der Waals surface area contributed by atoms with E-state index in [2.05, 4.69) is 5.32 Å². The fraction of sp³-hybridized carbons (Fsp3) is 0.562. The van der Waals surface area contributed by atoms with Gasteiger partial charge in [0.1, 0.15) is 0 Å². The molecule has 0 aromatic heterocycles. The van der Waals surface area contributed by atoms with E-state index >= 15 is 0 Å². The third-order valence-electron chi connectivity index (χ3n) is 4.32. The van der Waals surface area contributed by atoms with E-state index in [0.717, 1.165) is 24.9 Å². The zero-order chi connectivity index (χ0) is 15.4. The van der Waals surface area contributed by atoms with Crippen LogP contribution < -0.4 is 16.0 Å². The fourth-order valence-electron chi connectivity index (χ4n) is 3.07. The second kappa shape index (κ2) is 6.80. The first kappa shape index (κ1) is 15.6. The average molecular weight is 291 g/mol. The van der Waals surface area contributed by atoms with Gasteiger partial charge in [-0.1, -0.05) is 6.42 Å². The summed E-state index contributed by atoms with van der Waals surface area (Å²) in [6, 6.07) is 5.37. The number of nitrogens with zero attached hydrogens (tertiary/aromatic N) is 1. The first-order valence-electron chi connectivity index (χ1n) is 7.48. The zero-order valence-corrected chi connectivity index (χ0v) is 12.8. The molecular formula is C16H25N3O2. The minimum atomic E-state index is -0.102. The lowest BCUT2D eigenvalue weighted by Gasteiger charge is -2.20. The predicted molar refractivity (Wildman–Crippen MR) is 85.4 cm³/mol. The number of aliphatic hydroxyl groups excluding tert-OH is 1. The van der Waals surface area contributed by atoms with Crippen LogP contribution in [0.25, 0.3) is 0 Å². The van der Waals surface area contributed by atoms with Crippen molar-refractivity contribution >= 4 is 17.3 Å². The molecule has 1 fully saturated rings. The van der Waals surface area contributed by atoms with Gasteiger partial charge in [-0.15, -0.1) is 0 Å². The fourth-order valence-corrected chi connectivity index (χ4v) is 3.07. The van der Waals surface area contributed by atoms with Gasteiger partial charge in [-0.3, -0.25) is 4.79 Å². The Morgan fingerprint density at radius 1 is 1.38 bits per heavy atom. The number of nitrogen functional groups attached to an aromatic ring is 1. The van der Waals surface area contributed by atoms with E-state index in [1.54, 1.807) is 12.1 Å². The summed E-state index contributed by atoms with van der Waals surface area (Å²) >= 11 is 0. The zero-order valence-electron chi connectivity index (χ0n) is 12.8. The Kier molecular flexibility index (Phi) is 5.07. The summed E-state index contributed by atoms with van der Waals surface area (Å²) in [7, 11) is 3.81. The number of nitrogens with one attached hydrogen (secondary N) is 1. The predicted octanol–water partition coefficient (Wildman–Crippen LogP) is 1.47. The lowest BCUT2D eigenvalue weighted by molar-refractivity contribution is 0.0938. The molecule has 4 N–H and O–H groups in total. The molecule has 5 heteroatoms. The molecule has 1 aromatic carbocycles. The van der Waals surface area contributed by atoms with Crippen LogP contribution in [0.1, 0.15) is 29.6 Å². The number of carbonyl (C=O) groups is 1. The Bertz CT molecular complexity index is 502. The minimum Gasteiger partial charge on any atom is -0.399 e. The molecule has 2 rings (SSSR count). The second-order valence-electron chi connectivity index (χ2n) is 6.01. The number of nitrogens with two attached hydrogens (primary N) is 1. The Labute approximate surface area is 126 Å². The van der Waals surface area contributed by atoms with Crippen LogP contribution in [0, 0.1) is 11.8 Å². The van der Waals surface area contributed by atoms with E-state index in [1.165, 1.54) is 0 Å². The highest BCUT2D eigenvalue weighted by Gasteiger charge is 2.27. The van der Waals surface area contributed by atoms with Gasteiger partial charge in [-0.05, 0) is 42.9 Å². The van der Waals surface area contributed by atoms with Gasteiger partial charge in [0, 0.05) is 38.6 Å². The van der Waals surface area contributed by atoms with Crippen molar-refractivity contribution in [2.24, 2.45) is 11.8 Å². The number of aliphatic hydroxyl groups is 1. The van der Waals surface area contributed by atoms with E-state index < -0.39 is 0 Å². The molecule has 1 aliphatic rings. The molecule has 0 spiro atoms. The summed E-state index contributed by atoms with van der Waals surface area (Å²) in [4.78, 5) is 14.3. The van der Waals surface area contributed by atoms with Crippen LogP contribution in [0.3, 0.4) is 0 Å². The van der Waals surface area contributed by atoms with Gasteiger partial charge in [0.05, 0.1) is 5.56 Å². The smallest absolute Gasteiger partial charge is 0.253 e. The Morgan fingerprint density at radius 2 is 2.10 bits per heavy atom. The molecule has 1 saturated carbocycles. The van der Waals surface area contributed by atoms with Gasteiger partial charge in [-0.25, -0.2) is 0 Å². The van der Waals surface area contributed by atoms with E-state index in [1.807, 2.05) is 25.1 Å². The molecule has 0 bridgehead atoms. The van der Waals surface area contributed by atoms with Crippen LogP contribution in [-0.4, -0.2) is 38.3 Å². The third-order valence-corrected chi connectivity index (χ3v) is 4.32. The maximum Gasteiger partial charge on any atom is 0.253 e. The lowest BCUT2D eigenvalue weighted by Crippen LogP contribution is -2.32. The van der Waals surface area contributed by atoms with Gasteiger partial charge in [0.15, 0.2) is 0 Å². The monoisotopic (exact) mass is 291 g/mol. The van der Waals surface area contributed by atoms with Crippen molar-refractivity contribution in [2.75, 3.05) is 37.9 Å². The maximum absolute atomic E-state index is 12.4. The van der Waals surface area contributed by atoms with Crippen LogP contribution in [0.15, 0.2) is 18.2 Å². The largest absolute Gasteiger partial charge is 0.399 e. The molecule has 0 heterocycles. The maximum atomic E-state index is 12.4. The summed E-state index contributed by atoms with van der Waals surface area (Å²) in [6.07, 6.45) is 3.26. The Balaban J connectivity index is 2.05. The molecule has 5 nitrogen and oxygen atoms in total. The van der Waals surface area contributed by atoms with Crippen molar-refractivity contribution in [3.05, 3.63) is 23.8 Å². The number of hydrogen-bond acceptors (Lipinski definition) is 4. The van der Waals surface area contributed by atoms with Gasteiger partial charge in [0.25, 0.3) is 5.91 Å². The second-order valence-corrected chi connectivity index (χ2v) is 6.01. The highest BCUT2D eigenvalue weighted by molar-refractivity contribution is 6.00. The first-order chi connectivity index (χ1) is 10.0. The van der Waals surface area contributed by atoms with Gasteiger partial charge in [-0.2, -0.15) is 0 Å². The van der Waals surface area contributed by atoms with Crippen molar-refractivity contribution in [3.8, 4) is 0 Å². The quantitative estimate of drug-likeness (QED) is 0.718. The molecule has 1 aliphatic carbocycles. The van der Waals surface area contributed by atoms with Crippen LogP contribution in [-0.2, 0) is 0 Å². The molecule has 2 unspecified atom stereocenters. The Hall–Kier alpha value is -1.75. The normalized spacial score (nSPS) is 21.3. The molecule has 21 heavy (non-hydrogen) atoms. The number of hydrogen-bond donors (Lipinski definition) is 3. The van der Waals surface area contributed by atoms with Gasteiger partial charge >= 0.3 is 0 Å². The lowest BCUT2D eigenvalue weighted by atomic mass is 9.97. The first-order valence-corrected chi connectivity index (χ1v) is 7.48. The molecule has 0 saturated heterocycles. The molecule has 0 radical (unpaired) electrons. The van der Waals surface area contributed by atoms with E-state index in [9.17, 15) is 9.90 Å². The topological polar surface area (TPSA) is 78.6 Å². The Morgan fingerprint density at radius 3 is 2.76 bits per heavy atom. The van der Waals surface area contributed by atoms with Crippen molar-refractivity contribution in [3.63, 3.8) is 0 Å². The number of carbonyl (C=O) groups excluding carboxylic acids is 1. The summed E-state index contributed by atoms with van der Waals surface area (Å²) in [6.45, 7) is 0.827. The highest BCUT2D eigenvalue weighted by atomic mass is 16.3. The van der Waals surface area contributed by atoms with Crippen molar-refractivity contribution < 1.29 is 9.90 Å². The van der Waals surface area contributed by atoms with Crippen LogP contribution in [0.4, 0.5) is 11.4 Å². The summed E-state index contributed by atoms with van der Waals surface area (Å²) in [5.74, 6) is 0.594. The van der Waals surface area contributed by atoms with E-state index in [4.69, 9.17) is 5.73 Å².